The molecule has 1 aromatic heterocycles. The van der Waals surface area contributed by atoms with Crippen LogP contribution in [0.3, 0.4) is 0 Å². The molecule has 1 aliphatic rings. The van der Waals surface area contributed by atoms with E-state index in [0.29, 0.717) is 12.3 Å². The summed E-state index contributed by atoms with van der Waals surface area (Å²) in [4.78, 5) is 19.8. The fraction of sp³-hybridized carbons (Fsp3) is 0.333. The van der Waals surface area contributed by atoms with Gasteiger partial charge in [-0.15, -0.1) is 0 Å². The molecule has 0 saturated carbocycles. The summed E-state index contributed by atoms with van der Waals surface area (Å²) in [7, 11) is 1.65. The Hall–Kier alpha value is -3.14. The summed E-state index contributed by atoms with van der Waals surface area (Å²) < 4.78 is 5.21. The van der Waals surface area contributed by atoms with Crippen LogP contribution in [0.25, 0.3) is 0 Å². The first-order valence-corrected chi connectivity index (χ1v) is 11.0. The van der Waals surface area contributed by atoms with Crippen molar-refractivity contribution in [3.63, 3.8) is 0 Å². The smallest absolute Gasteiger partial charge is 0.227 e. The molecular weight excluding hydrogens is 384 g/mol. The highest BCUT2D eigenvalue weighted by Gasteiger charge is 2.26. The molecule has 1 fully saturated rings. The van der Waals surface area contributed by atoms with Crippen molar-refractivity contribution in [3.05, 3.63) is 94.8 Å². The van der Waals surface area contributed by atoms with Crippen LogP contribution in [0.4, 0.5) is 0 Å². The van der Waals surface area contributed by atoms with Gasteiger partial charge >= 0.3 is 0 Å². The average Bonchev–Trinajstić information content (AvgIpc) is 2.80. The van der Waals surface area contributed by atoms with E-state index < -0.39 is 0 Å². The van der Waals surface area contributed by atoms with E-state index in [1.165, 1.54) is 11.1 Å². The number of hydrogen-bond donors (Lipinski definition) is 0. The number of rotatable bonds is 6. The van der Waals surface area contributed by atoms with Gasteiger partial charge in [0, 0.05) is 30.4 Å². The molecular formula is C27H30N2O2. The molecule has 1 atom stereocenters. The molecule has 4 heteroatoms. The van der Waals surface area contributed by atoms with Gasteiger partial charge in [0.15, 0.2) is 0 Å². The third kappa shape index (κ3) is 5.52. The third-order valence-corrected chi connectivity index (χ3v) is 5.99. The van der Waals surface area contributed by atoms with Crippen LogP contribution >= 0.6 is 0 Å². The summed E-state index contributed by atoms with van der Waals surface area (Å²) in [5.74, 6) is 1.29. The average molecular weight is 415 g/mol. The zero-order valence-electron chi connectivity index (χ0n) is 18.4. The number of carbonyl (C=O) groups excluding carboxylic acids is 1. The second-order valence-electron chi connectivity index (χ2n) is 8.41. The molecule has 160 valence electrons. The molecule has 3 aromatic rings. The predicted octanol–water partition coefficient (Wildman–Crippen LogP) is 4.94. The number of hydrogen-bond acceptors (Lipinski definition) is 3. The lowest BCUT2D eigenvalue weighted by atomic mass is 9.92. The minimum Gasteiger partial charge on any atom is -0.497 e. The van der Waals surface area contributed by atoms with Gasteiger partial charge in [-0.1, -0.05) is 42.5 Å². The Labute approximate surface area is 184 Å². The Morgan fingerprint density at radius 1 is 1.03 bits per heavy atom. The third-order valence-electron chi connectivity index (χ3n) is 5.99. The van der Waals surface area contributed by atoms with Crippen LogP contribution in [0.15, 0.2) is 66.7 Å². The molecule has 0 radical (unpaired) electrons. The van der Waals surface area contributed by atoms with Gasteiger partial charge in [-0.3, -0.25) is 9.78 Å². The molecule has 1 aliphatic heterocycles. The van der Waals surface area contributed by atoms with Crippen LogP contribution in [0, 0.1) is 6.92 Å². The number of carbonyl (C=O) groups is 1. The lowest BCUT2D eigenvalue weighted by Crippen LogP contribution is -2.40. The fourth-order valence-electron chi connectivity index (χ4n) is 4.39. The largest absolute Gasteiger partial charge is 0.497 e. The lowest BCUT2D eigenvalue weighted by molar-refractivity contribution is -0.131. The van der Waals surface area contributed by atoms with E-state index in [0.717, 1.165) is 55.1 Å². The van der Waals surface area contributed by atoms with Crippen molar-refractivity contribution in [1.82, 2.24) is 9.88 Å². The van der Waals surface area contributed by atoms with Crippen LogP contribution < -0.4 is 4.74 Å². The van der Waals surface area contributed by atoms with Crippen molar-refractivity contribution in [1.29, 1.82) is 0 Å². The van der Waals surface area contributed by atoms with Gasteiger partial charge in [-0.2, -0.15) is 0 Å². The van der Waals surface area contributed by atoms with Crippen LogP contribution in [0.1, 0.15) is 46.8 Å². The minimum absolute atomic E-state index is 0.187. The highest BCUT2D eigenvalue weighted by atomic mass is 16.5. The van der Waals surface area contributed by atoms with E-state index in [-0.39, 0.29) is 5.91 Å². The van der Waals surface area contributed by atoms with Gasteiger partial charge < -0.3 is 9.64 Å². The van der Waals surface area contributed by atoms with E-state index >= 15 is 0 Å². The normalized spacial score (nSPS) is 16.2. The van der Waals surface area contributed by atoms with E-state index in [9.17, 15) is 4.79 Å². The number of likely N-dealkylation sites (tertiary alicyclic amines) is 1. The summed E-state index contributed by atoms with van der Waals surface area (Å²) in [5.41, 5.74) is 5.78. The quantitative estimate of drug-likeness (QED) is 0.574. The monoisotopic (exact) mass is 414 g/mol. The topological polar surface area (TPSA) is 42.4 Å². The molecule has 2 aromatic carbocycles. The van der Waals surface area contributed by atoms with Gasteiger partial charge in [0.1, 0.15) is 5.75 Å². The molecule has 4 nitrogen and oxygen atoms in total. The molecule has 4 rings (SSSR count). The van der Waals surface area contributed by atoms with Crippen molar-refractivity contribution in [2.75, 3.05) is 20.2 Å². The van der Waals surface area contributed by atoms with Gasteiger partial charge in [0.25, 0.3) is 0 Å². The summed E-state index contributed by atoms with van der Waals surface area (Å²) in [6.45, 7) is 3.64. The summed E-state index contributed by atoms with van der Waals surface area (Å²) >= 11 is 0. The number of amides is 1. The highest BCUT2D eigenvalue weighted by molar-refractivity contribution is 5.79. The van der Waals surface area contributed by atoms with Gasteiger partial charge in [-0.25, -0.2) is 0 Å². The van der Waals surface area contributed by atoms with Crippen LogP contribution in [-0.4, -0.2) is 36.0 Å². The first-order chi connectivity index (χ1) is 15.1. The number of methoxy groups -OCH3 is 1. The van der Waals surface area contributed by atoms with E-state index in [1.54, 1.807) is 7.11 Å². The number of piperidine rings is 1. The maximum absolute atomic E-state index is 12.9. The standard InChI is InChI=1S/C27H30N2O2/c1-20-15-23(16-21-7-4-3-5-8-21)17-26(28-20)24-9-6-14-29(19-24)27(30)18-22-10-12-25(31-2)13-11-22/h3-5,7-8,10-13,15,17,24H,6,9,14,16,18-19H2,1-2H3/t24-/m0/s1. The minimum atomic E-state index is 0.187. The number of aromatic nitrogens is 1. The number of pyridine rings is 1. The molecule has 0 bridgehead atoms. The van der Waals surface area contributed by atoms with Crippen LogP contribution in [0.5, 0.6) is 5.75 Å². The first kappa shape index (κ1) is 21.1. The molecule has 1 saturated heterocycles. The number of benzene rings is 2. The SMILES string of the molecule is COc1ccc(CC(=O)N2CCC[C@H](c3cc(Cc4ccccc4)cc(C)n3)C2)cc1. The van der Waals surface area contributed by atoms with Crippen molar-refractivity contribution >= 4 is 5.91 Å². The van der Waals surface area contributed by atoms with Gasteiger partial charge in [-0.05, 0) is 67.1 Å². The summed E-state index contributed by atoms with van der Waals surface area (Å²) in [6, 6.07) is 22.7. The number of nitrogens with zero attached hydrogens (tertiary/aromatic N) is 2. The molecule has 0 N–H and O–H groups in total. The van der Waals surface area contributed by atoms with Crippen LogP contribution in [-0.2, 0) is 17.6 Å². The molecule has 0 unspecified atom stereocenters. The highest BCUT2D eigenvalue weighted by Crippen LogP contribution is 2.28. The van der Waals surface area contributed by atoms with Gasteiger partial charge in [0.05, 0.1) is 13.5 Å². The van der Waals surface area contributed by atoms with Crippen molar-refractivity contribution in [2.24, 2.45) is 0 Å². The Morgan fingerprint density at radius 2 is 1.81 bits per heavy atom. The molecule has 31 heavy (non-hydrogen) atoms. The van der Waals surface area contributed by atoms with Crippen LogP contribution in [0.2, 0.25) is 0 Å². The molecule has 2 heterocycles. The van der Waals surface area contributed by atoms with Crippen molar-refractivity contribution in [3.8, 4) is 5.75 Å². The van der Waals surface area contributed by atoms with E-state index in [1.807, 2.05) is 35.2 Å². The maximum atomic E-state index is 12.9. The zero-order chi connectivity index (χ0) is 21.6. The fourth-order valence-corrected chi connectivity index (χ4v) is 4.39. The van der Waals surface area contributed by atoms with E-state index in [2.05, 4.69) is 43.3 Å². The lowest BCUT2D eigenvalue weighted by Gasteiger charge is -2.33. The predicted molar refractivity (Wildman–Crippen MR) is 123 cm³/mol. The van der Waals surface area contributed by atoms with E-state index in [4.69, 9.17) is 9.72 Å². The van der Waals surface area contributed by atoms with Gasteiger partial charge in [0.2, 0.25) is 5.91 Å². The summed E-state index contributed by atoms with van der Waals surface area (Å²) in [6.07, 6.45) is 3.43. The number of aryl methyl sites for hydroxylation is 1. The molecule has 0 spiro atoms. The molecule has 1 amide bonds. The Morgan fingerprint density at radius 3 is 2.55 bits per heavy atom. The Balaban J connectivity index is 1.44. The van der Waals surface area contributed by atoms with Crippen molar-refractivity contribution in [2.45, 2.75) is 38.5 Å². The maximum Gasteiger partial charge on any atom is 0.227 e. The summed E-state index contributed by atoms with van der Waals surface area (Å²) in [5, 5.41) is 0. The second-order valence-corrected chi connectivity index (χ2v) is 8.41. The first-order valence-electron chi connectivity index (χ1n) is 11.0. The Bertz CT molecular complexity index is 1020. The molecule has 0 aliphatic carbocycles. The van der Waals surface area contributed by atoms with Crippen molar-refractivity contribution < 1.29 is 9.53 Å². The number of ether oxygens (including phenoxy) is 1. The zero-order valence-corrected chi connectivity index (χ0v) is 18.4. The second kappa shape index (κ2) is 9.78. The Kier molecular flexibility index (Phi) is 6.66.